The fraction of sp³-hybridized carbons (Fsp3) is 0.211. The summed E-state index contributed by atoms with van der Waals surface area (Å²) in [6.45, 7) is 1.13. The van der Waals surface area contributed by atoms with Crippen molar-refractivity contribution in [3.63, 3.8) is 0 Å². The van der Waals surface area contributed by atoms with E-state index in [9.17, 15) is 13.2 Å². The van der Waals surface area contributed by atoms with Crippen molar-refractivity contribution in [2.24, 2.45) is 0 Å². The molecule has 140 valence electrons. The summed E-state index contributed by atoms with van der Waals surface area (Å²) in [5.41, 5.74) is 1.04. The van der Waals surface area contributed by atoms with Gasteiger partial charge in [0.15, 0.2) is 4.91 Å². The Morgan fingerprint density at radius 2 is 1.67 bits per heavy atom. The smallest absolute Gasteiger partial charge is 0.267 e. The van der Waals surface area contributed by atoms with Crippen molar-refractivity contribution in [2.45, 2.75) is 17.7 Å². The van der Waals surface area contributed by atoms with Crippen molar-refractivity contribution in [3.05, 3.63) is 63.6 Å². The van der Waals surface area contributed by atoms with E-state index in [4.69, 9.17) is 23.2 Å². The number of likely N-dealkylation sites (tertiary alicyclic amines) is 1. The lowest BCUT2D eigenvalue weighted by Gasteiger charge is -2.30. The minimum Gasteiger partial charge on any atom is -0.338 e. The van der Waals surface area contributed by atoms with E-state index in [0.717, 1.165) is 12.8 Å². The molecule has 5 nitrogen and oxygen atoms in total. The van der Waals surface area contributed by atoms with E-state index >= 15 is 0 Å². The van der Waals surface area contributed by atoms with Gasteiger partial charge in [-0.15, -0.1) is 0 Å². The maximum atomic E-state index is 13.1. The second kappa shape index (κ2) is 6.86. The standard InChI is InChI=1S/C19H16Cl2N2O3S/c20-13-4-3-5-15(10-13)23-12-18(19(24)22-8-1-2-9-22)27(25,26)17-7-6-14(21)11-16(17)23/h3-7,10-12H,1-2,8-9H2. The zero-order valence-electron chi connectivity index (χ0n) is 14.2. The third-order valence-electron chi connectivity index (χ3n) is 4.70. The van der Waals surface area contributed by atoms with E-state index in [1.165, 1.54) is 18.3 Å². The van der Waals surface area contributed by atoms with Crippen LogP contribution < -0.4 is 4.90 Å². The first-order valence-electron chi connectivity index (χ1n) is 8.48. The molecule has 0 bridgehead atoms. The van der Waals surface area contributed by atoms with E-state index in [0.29, 0.717) is 34.5 Å². The average Bonchev–Trinajstić information content (AvgIpc) is 3.15. The molecule has 2 aliphatic rings. The number of carbonyl (C=O) groups is 1. The van der Waals surface area contributed by atoms with Crippen LogP contribution in [-0.4, -0.2) is 32.3 Å². The quantitative estimate of drug-likeness (QED) is 0.720. The molecule has 4 rings (SSSR count). The molecule has 2 heterocycles. The molecular formula is C19H16Cl2N2O3S. The fourth-order valence-corrected chi connectivity index (χ4v) is 5.24. The van der Waals surface area contributed by atoms with Crippen LogP contribution in [0.5, 0.6) is 0 Å². The van der Waals surface area contributed by atoms with Gasteiger partial charge < -0.3 is 9.80 Å². The van der Waals surface area contributed by atoms with Gasteiger partial charge in [-0.25, -0.2) is 8.42 Å². The van der Waals surface area contributed by atoms with Crippen molar-refractivity contribution < 1.29 is 13.2 Å². The van der Waals surface area contributed by atoms with Gasteiger partial charge in [-0.3, -0.25) is 4.79 Å². The molecule has 1 amide bonds. The van der Waals surface area contributed by atoms with Crippen LogP contribution in [0.25, 0.3) is 0 Å². The minimum atomic E-state index is -3.95. The maximum Gasteiger partial charge on any atom is 0.267 e. The predicted octanol–water partition coefficient (Wildman–Crippen LogP) is 4.38. The van der Waals surface area contributed by atoms with Gasteiger partial charge >= 0.3 is 0 Å². The van der Waals surface area contributed by atoms with Crippen LogP contribution in [0.15, 0.2) is 58.5 Å². The van der Waals surface area contributed by atoms with Crippen molar-refractivity contribution >= 4 is 50.3 Å². The summed E-state index contributed by atoms with van der Waals surface area (Å²) in [7, 11) is -3.95. The topological polar surface area (TPSA) is 57.7 Å². The Bertz CT molecular complexity index is 1060. The molecule has 0 radical (unpaired) electrons. The third kappa shape index (κ3) is 3.22. The summed E-state index contributed by atoms with van der Waals surface area (Å²) in [5.74, 6) is -0.472. The Morgan fingerprint density at radius 1 is 0.963 bits per heavy atom. The van der Waals surface area contributed by atoms with Crippen molar-refractivity contribution in [3.8, 4) is 0 Å². The summed E-state index contributed by atoms with van der Waals surface area (Å²) in [4.78, 5) is 16.0. The Morgan fingerprint density at radius 3 is 2.37 bits per heavy atom. The highest BCUT2D eigenvalue weighted by atomic mass is 35.5. The molecule has 0 N–H and O–H groups in total. The molecule has 2 aromatic rings. The van der Waals surface area contributed by atoms with Crippen LogP contribution in [0, 0.1) is 0 Å². The molecule has 1 saturated heterocycles. The van der Waals surface area contributed by atoms with Crippen LogP contribution in [0.4, 0.5) is 11.4 Å². The van der Waals surface area contributed by atoms with Gasteiger partial charge in [0.25, 0.3) is 5.91 Å². The average molecular weight is 423 g/mol. The zero-order chi connectivity index (χ0) is 19.2. The van der Waals surface area contributed by atoms with Gasteiger partial charge in [0, 0.05) is 35.0 Å². The number of anilines is 2. The zero-order valence-corrected chi connectivity index (χ0v) is 16.6. The summed E-state index contributed by atoms with van der Waals surface area (Å²) in [6, 6.07) is 11.5. The van der Waals surface area contributed by atoms with Crippen LogP contribution >= 0.6 is 23.2 Å². The number of fused-ring (bicyclic) bond motifs is 1. The molecule has 0 atom stereocenters. The second-order valence-corrected chi connectivity index (χ2v) is 9.22. The number of sulfone groups is 1. The molecule has 8 heteroatoms. The molecule has 0 spiro atoms. The number of hydrogen-bond donors (Lipinski definition) is 0. The molecule has 2 aliphatic heterocycles. The van der Waals surface area contributed by atoms with Crippen LogP contribution in [0.3, 0.4) is 0 Å². The SMILES string of the molecule is O=C(C1=CN(c2cccc(Cl)c2)c2cc(Cl)ccc2S1(=O)=O)N1CCCC1. The molecule has 2 aromatic carbocycles. The second-order valence-electron chi connectivity index (χ2n) is 6.46. The number of hydrogen-bond acceptors (Lipinski definition) is 4. The van der Waals surface area contributed by atoms with Crippen molar-refractivity contribution in [1.29, 1.82) is 0 Å². The highest BCUT2D eigenvalue weighted by Gasteiger charge is 2.38. The van der Waals surface area contributed by atoms with Crippen molar-refractivity contribution in [2.75, 3.05) is 18.0 Å². The summed E-state index contributed by atoms with van der Waals surface area (Å²) in [5, 5.41) is 0.907. The minimum absolute atomic E-state index is 0.0527. The Labute approximate surface area is 167 Å². The molecule has 0 unspecified atom stereocenters. The first-order chi connectivity index (χ1) is 12.9. The predicted molar refractivity (Wildman–Crippen MR) is 106 cm³/mol. The number of halogens is 2. The summed E-state index contributed by atoms with van der Waals surface area (Å²) < 4.78 is 26.3. The first kappa shape index (κ1) is 18.3. The van der Waals surface area contributed by atoms with Gasteiger partial charge in [-0.2, -0.15) is 0 Å². The van der Waals surface area contributed by atoms with Crippen LogP contribution in [-0.2, 0) is 14.6 Å². The number of benzene rings is 2. The van der Waals surface area contributed by atoms with Gasteiger partial charge in [-0.1, -0.05) is 29.3 Å². The third-order valence-corrected chi connectivity index (χ3v) is 6.95. The molecule has 0 saturated carbocycles. The van der Waals surface area contributed by atoms with E-state index in [1.807, 2.05) is 0 Å². The molecule has 27 heavy (non-hydrogen) atoms. The van der Waals surface area contributed by atoms with E-state index in [2.05, 4.69) is 0 Å². The van der Waals surface area contributed by atoms with Gasteiger partial charge in [0.05, 0.1) is 10.6 Å². The highest BCUT2D eigenvalue weighted by molar-refractivity contribution is 7.96. The van der Waals surface area contributed by atoms with Crippen LogP contribution in [0.2, 0.25) is 10.0 Å². The highest BCUT2D eigenvalue weighted by Crippen LogP contribution is 2.41. The first-order valence-corrected chi connectivity index (χ1v) is 10.7. The maximum absolute atomic E-state index is 13.1. The number of rotatable bonds is 2. The Kier molecular flexibility index (Phi) is 4.66. The largest absolute Gasteiger partial charge is 0.338 e. The number of carbonyl (C=O) groups excluding carboxylic acids is 1. The lowest BCUT2D eigenvalue weighted by molar-refractivity contribution is -0.125. The normalized spacial score (nSPS) is 18.2. The van der Waals surface area contributed by atoms with Gasteiger partial charge in [-0.05, 0) is 49.2 Å². The Balaban J connectivity index is 1.91. The molecule has 0 aliphatic carbocycles. The van der Waals surface area contributed by atoms with Gasteiger partial charge in [0.1, 0.15) is 0 Å². The summed E-state index contributed by atoms with van der Waals surface area (Å²) in [6.07, 6.45) is 3.13. The number of amides is 1. The summed E-state index contributed by atoms with van der Waals surface area (Å²) >= 11 is 12.2. The molecule has 0 aromatic heterocycles. The molecule has 1 fully saturated rings. The number of nitrogens with zero attached hydrogens (tertiary/aromatic N) is 2. The van der Waals surface area contributed by atoms with Crippen LogP contribution in [0.1, 0.15) is 12.8 Å². The monoisotopic (exact) mass is 422 g/mol. The lowest BCUT2D eigenvalue weighted by Crippen LogP contribution is -2.35. The Hall–Kier alpha value is -2.02. The van der Waals surface area contributed by atoms with E-state index < -0.39 is 15.7 Å². The van der Waals surface area contributed by atoms with Gasteiger partial charge in [0.2, 0.25) is 9.84 Å². The molecular weight excluding hydrogens is 407 g/mol. The fourth-order valence-electron chi connectivity index (χ4n) is 3.37. The van der Waals surface area contributed by atoms with E-state index in [1.54, 1.807) is 40.1 Å². The van der Waals surface area contributed by atoms with E-state index in [-0.39, 0.29) is 9.80 Å². The van der Waals surface area contributed by atoms with Crippen molar-refractivity contribution in [1.82, 2.24) is 4.90 Å². The lowest BCUT2D eigenvalue weighted by atomic mass is 10.2.